The van der Waals surface area contributed by atoms with Crippen LogP contribution >= 0.6 is 0 Å². The van der Waals surface area contributed by atoms with Crippen LogP contribution in [0.5, 0.6) is 0 Å². The number of hydrogen-bond acceptors (Lipinski definition) is 4. The molecule has 0 saturated heterocycles. The molecule has 4 nitrogen and oxygen atoms in total. The topological polar surface area (TPSA) is 36.7 Å². The molecule has 0 fully saturated rings. The first-order valence-electron chi connectivity index (χ1n) is 9.47. The first-order valence-corrected chi connectivity index (χ1v) is 9.47. The van der Waals surface area contributed by atoms with E-state index in [1.165, 1.54) is 12.1 Å². The van der Waals surface area contributed by atoms with Crippen molar-refractivity contribution in [2.45, 2.75) is 0 Å². The second-order valence-electron chi connectivity index (χ2n) is 7.24. The Hall–Kier alpha value is -3.53. The molecule has 0 atom stereocenters. The molecule has 3 aromatic rings. The maximum Gasteiger partial charge on any atom is 0.186 e. The number of rotatable bonds is 6. The molecule has 0 aliphatic rings. The molecule has 0 radical (unpaired) electrons. The van der Waals surface area contributed by atoms with Gasteiger partial charge in [-0.1, -0.05) is 36.4 Å². The summed E-state index contributed by atoms with van der Waals surface area (Å²) in [5.74, 6) is 1.05. The first kappa shape index (κ1) is 20.2. The van der Waals surface area contributed by atoms with Gasteiger partial charge in [0.05, 0.1) is 0 Å². The highest BCUT2D eigenvalue weighted by Crippen LogP contribution is 2.16. The minimum Gasteiger partial charge on any atom is -0.457 e. The summed E-state index contributed by atoms with van der Waals surface area (Å²) in [5, 5.41) is 0. The number of anilines is 2. The van der Waals surface area contributed by atoms with Gasteiger partial charge in [0.2, 0.25) is 0 Å². The molecule has 0 unspecified atom stereocenters. The quantitative estimate of drug-likeness (QED) is 0.590. The van der Waals surface area contributed by atoms with Gasteiger partial charge in [-0.3, -0.25) is 4.79 Å². The normalized spacial score (nSPS) is 11.3. The Morgan fingerprint density at radius 3 is 1.34 bits per heavy atom. The van der Waals surface area contributed by atoms with E-state index in [1.807, 2.05) is 76.8 Å². The van der Waals surface area contributed by atoms with Crippen LogP contribution in [0.3, 0.4) is 0 Å². The summed E-state index contributed by atoms with van der Waals surface area (Å²) in [6.07, 6.45) is 7.50. The van der Waals surface area contributed by atoms with Gasteiger partial charge in [0.15, 0.2) is 5.43 Å². The van der Waals surface area contributed by atoms with Crippen LogP contribution in [0.15, 0.2) is 69.9 Å². The van der Waals surface area contributed by atoms with Crippen LogP contribution in [-0.2, 0) is 0 Å². The van der Waals surface area contributed by atoms with Crippen LogP contribution in [0, 0.1) is 0 Å². The molecule has 2 aromatic carbocycles. The molecule has 29 heavy (non-hydrogen) atoms. The van der Waals surface area contributed by atoms with E-state index < -0.39 is 0 Å². The molecule has 0 spiro atoms. The van der Waals surface area contributed by atoms with Crippen molar-refractivity contribution in [3.63, 3.8) is 0 Å². The van der Waals surface area contributed by atoms with Gasteiger partial charge < -0.3 is 14.2 Å². The maximum atomic E-state index is 12.0. The second-order valence-corrected chi connectivity index (χ2v) is 7.24. The molecule has 3 rings (SSSR count). The monoisotopic (exact) mass is 386 g/mol. The van der Waals surface area contributed by atoms with Gasteiger partial charge in [-0.2, -0.15) is 0 Å². The fourth-order valence-electron chi connectivity index (χ4n) is 2.81. The van der Waals surface area contributed by atoms with Gasteiger partial charge in [0.25, 0.3) is 0 Å². The Morgan fingerprint density at radius 1 is 0.621 bits per heavy atom. The van der Waals surface area contributed by atoms with Crippen LogP contribution in [0.25, 0.3) is 24.3 Å². The Bertz CT molecular complexity index is 974. The standard InChI is InChI=1S/C25H26N2O2/c1-26(2)21-11-5-19(6-12-21)9-15-24-17-23(28)18-25(29-24)16-10-20-7-13-22(14-8-20)27(3)4/h5-18H,1-4H3/b15-9+,16-10+. The third-order valence-electron chi connectivity index (χ3n) is 4.50. The molecule has 0 aliphatic heterocycles. The lowest BCUT2D eigenvalue weighted by Gasteiger charge is -2.11. The maximum absolute atomic E-state index is 12.0. The fourth-order valence-corrected chi connectivity index (χ4v) is 2.81. The second kappa shape index (κ2) is 9.11. The van der Waals surface area contributed by atoms with E-state index in [9.17, 15) is 4.79 Å². The summed E-state index contributed by atoms with van der Waals surface area (Å²) in [6, 6.07) is 19.3. The Morgan fingerprint density at radius 2 is 1.00 bits per heavy atom. The molecule has 0 bridgehead atoms. The average molecular weight is 386 g/mol. The Labute approximate surface area is 172 Å². The molecular weight excluding hydrogens is 360 g/mol. The van der Waals surface area contributed by atoms with Crippen molar-refractivity contribution in [1.82, 2.24) is 0 Å². The van der Waals surface area contributed by atoms with Crippen LogP contribution in [0.2, 0.25) is 0 Å². The van der Waals surface area contributed by atoms with Crippen LogP contribution in [0.1, 0.15) is 22.6 Å². The summed E-state index contributed by atoms with van der Waals surface area (Å²) < 4.78 is 5.84. The predicted octanol–water partition coefficient (Wildman–Crippen LogP) is 5.11. The van der Waals surface area contributed by atoms with Crippen molar-refractivity contribution in [2.24, 2.45) is 0 Å². The first-order chi connectivity index (χ1) is 13.9. The Balaban J connectivity index is 1.76. The molecule has 0 saturated carbocycles. The van der Waals surface area contributed by atoms with Gasteiger partial charge in [0, 0.05) is 51.7 Å². The SMILES string of the molecule is CN(C)c1ccc(/C=C/c2cc(=O)cc(/C=C/c3ccc(N(C)C)cc3)o2)cc1. The molecule has 0 aliphatic carbocycles. The van der Waals surface area contributed by atoms with E-state index >= 15 is 0 Å². The van der Waals surface area contributed by atoms with Crippen LogP contribution in [0.4, 0.5) is 11.4 Å². The highest BCUT2D eigenvalue weighted by atomic mass is 16.3. The number of benzene rings is 2. The zero-order valence-electron chi connectivity index (χ0n) is 17.3. The highest BCUT2D eigenvalue weighted by molar-refractivity contribution is 5.71. The van der Waals surface area contributed by atoms with E-state index in [1.54, 1.807) is 0 Å². The molecule has 148 valence electrons. The van der Waals surface area contributed by atoms with Crippen molar-refractivity contribution >= 4 is 35.7 Å². The van der Waals surface area contributed by atoms with Gasteiger partial charge in [-0.25, -0.2) is 0 Å². The van der Waals surface area contributed by atoms with E-state index in [4.69, 9.17) is 4.42 Å². The summed E-state index contributed by atoms with van der Waals surface area (Å²) >= 11 is 0. The molecule has 0 N–H and O–H groups in total. The summed E-state index contributed by atoms with van der Waals surface area (Å²) in [5.41, 5.74) is 4.28. The smallest absolute Gasteiger partial charge is 0.186 e. The van der Waals surface area contributed by atoms with Gasteiger partial charge in [0.1, 0.15) is 11.5 Å². The van der Waals surface area contributed by atoms with Gasteiger partial charge in [-0.15, -0.1) is 0 Å². The largest absolute Gasteiger partial charge is 0.457 e. The van der Waals surface area contributed by atoms with Crippen molar-refractivity contribution in [1.29, 1.82) is 0 Å². The van der Waals surface area contributed by atoms with E-state index in [0.29, 0.717) is 11.5 Å². The highest BCUT2D eigenvalue weighted by Gasteiger charge is 1.99. The lowest BCUT2D eigenvalue weighted by atomic mass is 10.1. The van der Waals surface area contributed by atoms with Gasteiger partial charge in [-0.05, 0) is 47.5 Å². The van der Waals surface area contributed by atoms with E-state index in [0.717, 1.165) is 22.5 Å². The molecular formula is C25H26N2O2. The average Bonchev–Trinajstić information content (AvgIpc) is 2.71. The molecule has 4 heteroatoms. The lowest BCUT2D eigenvalue weighted by Crippen LogP contribution is -2.07. The third-order valence-corrected chi connectivity index (χ3v) is 4.50. The lowest BCUT2D eigenvalue weighted by molar-refractivity contribution is 0.528. The summed E-state index contributed by atoms with van der Waals surface area (Å²) in [6.45, 7) is 0. The molecule has 0 amide bonds. The minimum atomic E-state index is -0.0820. The van der Waals surface area contributed by atoms with Crippen molar-refractivity contribution in [3.8, 4) is 0 Å². The van der Waals surface area contributed by atoms with Crippen molar-refractivity contribution in [2.75, 3.05) is 38.0 Å². The zero-order chi connectivity index (χ0) is 20.8. The Kier molecular flexibility index (Phi) is 6.35. The van der Waals surface area contributed by atoms with Crippen LogP contribution < -0.4 is 15.2 Å². The van der Waals surface area contributed by atoms with E-state index in [2.05, 4.69) is 34.1 Å². The summed E-state index contributed by atoms with van der Waals surface area (Å²) in [7, 11) is 8.04. The van der Waals surface area contributed by atoms with Crippen molar-refractivity contribution < 1.29 is 4.42 Å². The minimum absolute atomic E-state index is 0.0820. The molecule has 1 aromatic heterocycles. The number of nitrogens with zero attached hydrogens (tertiary/aromatic N) is 2. The predicted molar refractivity (Wildman–Crippen MR) is 124 cm³/mol. The molecule has 1 heterocycles. The van der Waals surface area contributed by atoms with Gasteiger partial charge >= 0.3 is 0 Å². The summed E-state index contributed by atoms with van der Waals surface area (Å²) in [4.78, 5) is 16.1. The zero-order valence-corrected chi connectivity index (χ0v) is 17.3. The fraction of sp³-hybridized carbons (Fsp3) is 0.160. The van der Waals surface area contributed by atoms with Crippen molar-refractivity contribution in [3.05, 3.63) is 93.5 Å². The van der Waals surface area contributed by atoms with Crippen LogP contribution in [-0.4, -0.2) is 28.2 Å². The van der Waals surface area contributed by atoms with E-state index in [-0.39, 0.29) is 5.43 Å². The number of hydrogen-bond donors (Lipinski definition) is 0. The third kappa shape index (κ3) is 5.72.